The number of esters is 1. The van der Waals surface area contributed by atoms with E-state index in [2.05, 4.69) is 128 Å². The number of methoxy groups -OCH3 is 1. The van der Waals surface area contributed by atoms with E-state index in [0.29, 0.717) is 58.0 Å². The number of anilines is 2. The summed E-state index contributed by atoms with van der Waals surface area (Å²) in [5.74, 6) is -0.310. The van der Waals surface area contributed by atoms with E-state index in [1.807, 2.05) is 62.3 Å². The van der Waals surface area contributed by atoms with Crippen molar-refractivity contribution in [2.75, 3.05) is 57.1 Å². The summed E-state index contributed by atoms with van der Waals surface area (Å²) in [5, 5.41) is 26.9. The van der Waals surface area contributed by atoms with E-state index in [1.165, 1.54) is 12.0 Å². The van der Waals surface area contributed by atoms with Gasteiger partial charge in [0.05, 0.1) is 52.8 Å². The maximum absolute atomic E-state index is 13.0. The first-order chi connectivity index (χ1) is 45.5. The molecule has 2 aromatic carbocycles. The molecule has 26 heteroatoms. The lowest BCUT2D eigenvalue weighted by molar-refractivity contribution is -0.147. The number of carbonyl (C=O) groups is 4. The van der Waals surface area contributed by atoms with Gasteiger partial charge in [0.25, 0.3) is 0 Å². The zero-order valence-corrected chi connectivity index (χ0v) is 62.0. The molecule has 6 aromatic heterocycles. The van der Waals surface area contributed by atoms with E-state index in [9.17, 15) is 24.3 Å². The van der Waals surface area contributed by atoms with Gasteiger partial charge in [0.15, 0.2) is 0 Å². The molecule has 2 aliphatic rings. The largest absolute Gasteiger partial charge is 0.481 e. The predicted molar refractivity (Wildman–Crippen MR) is 380 cm³/mol. The minimum atomic E-state index is -1.26. The number of fused-ring (bicyclic) bond motifs is 2. The van der Waals surface area contributed by atoms with Crippen molar-refractivity contribution < 1.29 is 57.0 Å². The van der Waals surface area contributed by atoms with Gasteiger partial charge in [0, 0.05) is 125 Å². The molecule has 2 aliphatic heterocycles. The summed E-state index contributed by atoms with van der Waals surface area (Å²) >= 11 is 0. The third-order valence-corrected chi connectivity index (χ3v) is 20.5. The second-order valence-electron chi connectivity index (χ2n) is 30.2. The highest BCUT2D eigenvalue weighted by Crippen LogP contribution is 2.39. The second-order valence-corrected chi connectivity index (χ2v) is 41.5. The topological polar surface area (TPSA) is 279 Å². The normalized spacial score (nSPS) is 17.1. The molecule has 4 atom stereocenters. The van der Waals surface area contributed by atoms with Crippen molar-refractivity contribution in [1.29, 1.82) is 0 Å². The van der Waals surface area contributed by atoms with Crippen LogP contribution in [0.4, 0.5) is 21.5 Å². The predicted octanol–water partition coefficient (Wildman–Crippen LogP) is 14.3. The third-order valence-electron chi connectivity index (χ3n) is 17.1. The van der Waals surface area contributed by atoms with Crippen LogP contribution in [-0.2, 0) is 46.7 Å². The summed E-state index contributed by atoms with van der Waals surface area (Å²) in [6.07, 6.45) is 7.48. The number of carboxylic acids is 1. The number of rotatable bonds is 20. The average Bonchev–Trinajstić information content (AvgIpc) is 1.63. The minimum Gasteiger partial charge on any atom is -0.481 e. The van der Waals surface area contributed by atoms with Crippen molar-refractivity contribution in [2.45, 2.75) is 184 Å². The molecule has 522 valence electrons. The number of aliphatic carboxylic acids is 1. The Morgan fingerprint density at radius 2 is 1.00 bits per heavy atom. The van der Waals surface area contributed by atoms with E-state index in [4.69, 9.17) is 42.7 Å². The lowest BCUT2D eigenvalue weighted by Crippen LogP contribution is -2.52. The maximum Gasteiger partial charge on any atom is 0.410 e. The smallest absolute Gasteiger partial charge is 0.410 e. The summed E-state index contributed by atoms with van der Waals surface area (Å²) in [5.41, 5.74) is 11.5. The molecule has 0 radical (unpaired) electrons. The molecule has 3 N–H and O–H groups in total. The van der Waals surface area contributed by atoms with E-state index in [1.54, 1.807) is 38.1 Å². The monoisotopic (exact) mass is 1370 g/mol. The van der Waals surface area contributed by atoms with Crippen molar-refractivity contribution in [1.82, 2.24) is 49.2 Å². The molecule has 8 heterocycles. The van der Waals surface area contributed by atoms with Crippen LogP contribution in [0.25, 0.3) is 66.6 Å². The van der Waals surface area contributed by atoms with Crippen LogP contribution in [0.5, 0.6) is 0 Å². The molecule has 97 heavy (non-hydrogen) atoms. The van der Waals surface area contributed by atoms with Gasteiger partial charge in [-0.1, -0.05) is 73.9 Å². The van der Waals surface area contributed by atoms with Crippen LogP contribution in [-0.4, -0.2) is 164 Å². The molecule has 0 saturated carbocycles. The van der Waals surface area contributed by atoms with Crippen LogP contribution in [0.1, 0.15) is 88.4 Å². The average molecular weight is 1370 g/mol. The van der Waals surface area contributed by atoms with Crippen LogP contribution >= 0.6 is 0 Å². The maximum atomic E-state index is 13.0. The first-order valence-electron chi connectivity index (χ1n) is 33.3. The molecule has 2 fully saturated rings. The molecule has 24 nitrogen and oxygen atoms in total. The Kier molecular flexibility index (Phi) is 22.3. The second kappa shape index (κ2) is 29.7. The zero-order valence-electron chi connectivity index (χ0n) is 60.0. The summed E-state index contributed by atoms with van der Waals surface area (Å²) in [6.45, 7) is 39.6. The molecule has 0 spiro atoms. The van der Waals surface area contributed by atoms with Gasteiger partial charge in [-0.05, 0) is 142 Å². The number of nitrogens with one attached hydrogen (secondary N) is 2. The van der Waals surface area contributed by atoms with Gasteiger partial charge in [-0.3, -0.25) is 9.59 Å². The summed E-state index contributed by atoms with van der Waals surface area (Å²) < 4.78 is 43.9. The number of benzene rings is 2. The fraction of sp³-hybridized carbons (Fsp3) is 0.521. The number of carboxylic acid groups (broad SMARTS) is 1. The highest BCUT2D eigenvalue weighted by atomic mass is 28.3. The van der Waals surface area contributed by atoms with Crippen LogP contribution in [0, 0.1) is 53.4 Å². The van der Waals surface area contributed by atoms with Crippen LogP contribution < -0.4 is 10.6 Å². The number of ether oxygens (including phenoxy) is 5. The lowest BCUT2D eigenvalue weighted by atomic mass is 9.94. The van der Waals surface area contributed by atoms with Gasteiger partial charge in [0.2, 0.25) is 11.9 Å². The van der Waals surface area contributed by atoms with E-state index in [0.717, 1.165) is 113 Å². The Bertz CT molecular complexity index is 4110. The van der Waals surface area contributed by atoms with Crippen molar-refractivity contribution in [2.24, 2.45) is 11.8 Å². The minimum absolute atomic E-state index is 0.0812. The number of carbonyl (C=O) groups excluding carboxylic acids is 3. The van der Waals surface area contributed by atoms with Gasteiger partial charge in [-0.25, -0.2) is 29.5 Å². The van der Waals surface area contributed by atoms with Crippen LogP contribution in [0.2, 0.25) is 51.4 Å². The first-order valence-corrected chi connectivity index (χ1v) is 40.7. The number of hydrogen-bond donors (Lipinski definition) is 3. The number of aromatic nitrogens is 8. The summed E-state index contributed by atoms with van der Waals surface area (Å²) in [6, 6.07) is 14.1. The van der Waals surface area contributed by atoms with E-state index >= 15 is 0 Å². The standard InChI is InChI=1S/C36H50N6O6Si.C35H48N6O6Si/c1-22-17-37-34(38-27-15-26(33(43)45-7)18-41(19-27)35(44)47-36(4,5)6)39-32(22)29-20-42(21-46-13-14-49(8,9)10)30-16-25(11-12-28(29)30)31-23(2)40-48-24(31)3;1-21-16-36-33(37-26-14-25(32(42)43)17-40(18-26)34(44)46-35(4,5)6)38-31(21)28-19-41(20-45-12-13-48(7,8)9)29-15-24(10-11-27(28)29)30-22(2)39-47-23(30)3/h11-12,16-17,20,26-27H,13-15,18-19,21H2,1-10H3,(H,37,38,39);10-11,15-16,19,25-26H,12-14,17-18,20H2,1-9H3,(H,42,43)(H,36,37,38)/t26-,27+;25-,26+/m11/s1. The number of likely N-dealkylation sites (tertiary alicyclic amines) is 2. The third kappa shape index (κ3) is 18.6. The molecular formula is C71H98N12O12Si2. The fourth-order valence-corrected chi connectivity index (χ4v) is 13.7. The Morgan fingerprint density at radius 1 is 0.598 bits per heavy atom. The number of amides is 2. The van der Waals surface area contributed by atoms with Crippen LogP contribution in [0.15, 0.2) is 70.2 Å². The van der Waals surface area contributed by atoms with Gasteiger partial charge >= 0.3 is 24.1 Å². The quantitative estimate of drug-likeness (QED) is 0.0277. The van der Waals surface area contributed by atoms with Gasteiger partial charge < -0.3 is 67.4 Å². The molecule has 8 aromatic rings. The summed E-state index contributed by atoms with van der Waals surface area (Å²) in [7, 11) is -1.15. The molecule has 0 bridgehead atoms. The fourth-order valence-electron chi connectivity index (χ4n) is 12.2. The molecule has 2 saturated heterocycles. The molecule has 10 rings (SSSR count). The molecule has 0 aliphatic carbocycles. The molecule has 0 unspecified atom stereocenters. The van der Waals surface area contributed by atoms with Crippen molar-refractivity contribution in [3.63, 3.8) is 0 Å². The Hall–Kier alpha value is -8.47. The lowest BCUT2D eigenvalue weighted by Gasteiger charge is -2.37. The molecular weight excluding hydrogens is 1270 g/mol. The number of aryl methyl sites for hydroxylation is 6. The van der Waals surface area contributed by atoms with Gasteiger partial charge in [-0.2, -0.15) is 0 Å². The van der Waals surface area contributed by atoms with Crippen molar-refractivity contribution >= 4 is 74.0 Å². The zero-order chi connectivity index (χ0) is 70.6. The first kappa shape index (κ1) is 72.8. The molecule has 2 amide bonds. The SMILES string of the molecule is COC(=O)[C@@H]1C[C@H](Nc2ncc(C)c(-c3cn(COCC[Si](C)(C)C)c4cc(-c5c(C)noc5C)ccc34)n2)CN(C(=O)OC(C)(C)C)C1.Cc1cnc(N[C@H]2C[C@@H](C(=O)O)CN(C(=O)OC(C)(C)C)C2)nc1-c1cn(COCC[Si](C)(C)C)c2cc(-c3c(C)noc3C)ccc12. The van der Waals surface area contributed by atoms with E-state index in [-0.39, 0.29) is 37.7 Å². The van der Waals surface area contributed by atoms with E-state index < -0.39 is 57.3 Å². The number of nitrogens with zero attached hydrogens (tertiary/aromatic N) is 10. The summed E-state index contributed by atoms with van der Waals surface area (Å²) in [4.78, 5) is 72.7. The highest BCUT2D eigenvalue weighted by molar-refractivity contribution is 6.76. The Labute approximate surface area is 570 Å². The highest BCUT2D eigenvalue weighted by Gasteiger charge is 2.39. The van der Waals surface area contributed by atoms with Crippen LogP contribution in [0.3, 0.4) is 0 Å². The number of piperidine rings is 2. The van der Waals surface area contributed by atoms with Crippen molar-refractivity contribution in [3.8, 4) is 44.8 Å². The van der Waals surface area contributed by atoms with Gasteiger partial charge in [-0.15, -0.1) is 0 Å². The Balaban J connectivity index is 0.000000227. The van der Waals surface area contributed by atoms with Crippen molar-refractivity contribution in [3.05, 3.63) is 95.2 Å². The Morgan fingerprint density at radius 3 is 1.36 bits per heavy atom. The van der Waals surface area contributed by atoms with Gasteiger partial charge in [0.1, 0.15) is 36.2 Å². The number of hydrogen-bond acceptors (Lipinski definition) is 19.